The van der Waals surface area contributed by atoms with E-state index >= 15 is 0 Å². The second kappa shape index (κ2) is 6.93. The van der Waals surface area contributed by atoms with Crippen LogP contribution in [0.15, 0.2) is 12.7 Å². The molecule has 1 amide bonds. The maximum atomic E-state index is 12.2. The minimum atomic E-state index is -0.0401. The molecule has 1 aliphatic rings. The summed E-state index contributed by atoms with van der Waals surface area (Å²) in [5, 5.41) is 16.2. The Kier molecular flexibility index (Phi) is 4.74. The van der Waals surface area contributed by atoms with Crippen molar-refractivity contribution >= 4 is 22.4 Å². The van der Waals surface area contributed by atoms with Gasteiger partial charge in [0.25, 0.3) is 0 Å². The highest BCUT2D eigenvalue weighted by Gasteiger charge is 2.25. The van der Waals surface area contributed by atoms with Gasteiger partial charge in [0.2, 0.25) is 11.0 Å². The number of carbonyl (C=O) groups excluding carboxylic acids is 1. The van der Waals surface area contributed by atoms with Gasteiger partial charge in [-0.2, -0.15) is 5.10 Å². The molecule has 0 unspecified atom stereocenters. The maximum Gasteiger partial charge on any atom is 0.240 e. The van der Waals surface area contributed by atoms with Crippen LogP contribution in [0.1, 0.15) is 24.3 Å². The number of rotatable bonds is 5. The fourth-order valence-corrected chi connectivity index (χ4v) is 3.32. The summed E-state index contributed by atoms with van der Waals surface area (Å²) in [7, 11) is 0. The molecule has 1 saturated heterocycles. The average molecular weight is 321 g/mol. The molecule has 0 bridgehead atoms. The summed E-state index contributed by atoms with van der Waals surface area (Å²) >= 11 is 1.39. The Morgan fingerprint density at radius 3 is 3.09 bits per heavy atom. The first-order valence-corrected chi connectivity index (χ1v) is 8.19. The first-order valence-electron chi connectivity index (χ1n) is 7.37. The van der Waals surface area contributed by atoms with Gasteiger partial charge in [-0.1, -0.05) is 17.8 Å². The fourth-order valence-electron chi connectivity index (χ4n) is 2.71. The number of hydrogen-bond acceptors (Lipinski definition) is 7. The van der Waals surface area contributed by atoms with E-state index in [9.17, 15) is 4.79 Å². The Labute approximate surface area is 132 Å². The molecule has 8 nitrogen and oxygen atoms in total. The van der Waals surface area contributed by atoms with E-state index < -0.39 is 0 Å². The van der Waals surface area contributed by atoms with E-state index in [-0.39, 0.29) is 5.91 Å². The molecule has 1 atom stereocenters. The molecule has 1 N–H and O–H groups in total. The SMILES string of the molecule is Cc1nnc(NC(=O)CN2CCCC[C@@H]2Cn2cncn2)s1. The predicted octanol–water partition coefficient (Wildman–Crippen LogP) is 0.931. The lowest BCUT2D eigenvalue weighted by Gasteiger charge is -2.34. The summed E-state index contributed by atoms with van der Waals surface area (Å²) in [6.45, 7) is 3.94. The zero-order chi connectivity index (χ0) is 15.4. The smallest absolute Gasteiger partial charge is 0.240 e. The first kappa shape index (κ1) is 15.0. The molecule has 3 rings (SSSR count). The van der Waals surface area contributed by atoms with Crippen LogP contribution in [0.4, 0.5) is 5.13 Å². The van der Waals surface area contributed by atoms with Gasteiger partial charge in [0.05, 0.1) is 13.1 Å². The zero-order valence-corrected chi connectivity index (χ0v) is 13.3. The number of aromatic nitrogens is 5. The van der Waals surface area contributed by atoms with Crippen molar-refractivity contribution in [2.24, 2.45) is 0 Å². The van der Waals surface area contributed by atoms with Crippen molar-refractivity contribution in [3.8, 4) is 0 Å². The van der Waals surface area contributed by atoms with E-state index in [0.717, 1.165) is 30.9 Å². The number of anilines is 1. The number of amides is 1. The van der Waals surface area contributed by atoms with E-state index in [1.165, 1.54) is 24.1 Å². The standard InChI is InChI=1S/C13H19N7OS/c1-10-17-18-13(22-10)16-12(21)7-19-5-3-2-4-11(19)6-20-9-14-8-15-20/h8-9,11H,2-7H2,1H3,(H,16,18,21)/t11-/m1/s1. The zero-order valence-electron chi connectivity index (χ0n) is 12.5. The van der Waals surface area contributed by atoms with Gasteiger partial charge >= 0.3 is 0 Å². The van der Waals surface area contributed by atoms with E-state index in [4.69, 9.17) is 0 Å². The summed E-state index contributed by atoms with van der Waals surface area (Å²) in [4.78, 5) is 18.4. The number of nitrogens with zero attached hydrogens (tertiary/aromatic N) is 6. The van der Waals surface area contributed by atoms with Gasteiger partial charge in [-0.25, -0.2) is 4.98 Å². The highest BCUT2D eigenvalue weighted by atomic mass is 32.1. The Morgan fingerprint density at radius 2 is 2.36 bits per heavy atom. The third-order valence-corrected chi connectivity index (χ3v) is 4.49. The van der Waals surface area contributed by atoms with Crippen LogP contribution in [0, 0.1) is 6.92 Å². The van der Waals surface area contributed by atoms with Crippen LogP contribution in [0.5, 0.6) is 0 Å². The van der Waals surface area contributed by atoms with Crippen LogP contribution in [0.3, 0.4) is 0 Å². The van der Waals surface area contributed by atoms with Gasteiger partial charge in [-0.05, 0) is 26.3 Å². The van der Waals surface area contributed by atoms with Crippen molar-refractivity contribution in [2.45, 2.75) is 38.8 Å². The number of carbonyl (C=O) groups is 1. The molecule has 3 heterocycles. The van der Waals surface area contributed by atoms with E-state index in [2.05, 4.69) is 30.5 Å². The molecule has 2 aromatic heterocycles. The first-order chi connectivity index (χ1) is 10.7. The fraction of sp³-hybridized carbons (Fsp3) is 0.615. The number of hydrogen-bond donors (Lipinski definition) is 1. The van der Waals surface area contributed by atoms with Crippen LogP contribution in [0.2, 0.25) is 0 Å². The lowest BCUT2D eigenvalue weighted by molar-refractivity contribution is -0.118. The van der Waals surface area contributed by atoms with Crippen molar-refractivity contribution in [3.63, 3.8) is 0 Å². The summed E-state index contributed by atoms with van der Waals surface area (Å²) in [6, 6.07) is 0.317. The molecule has 0 aliphatic carbocycles. The molecule has 0 radical (unpaired) electrons. The topological polar surface area (TPSA) is 88.8 Å². The summed E-state index contributed by atoms with van der Waals surface area (Å²) in [6.07, 6.45) is 6.64. The van der Waals surface area contributed by atoms with Crippen LogP contribution in [-0.4, -0.2) is 54.9 Å². The summed E-state index contributed by atoms with van der Waals surface area (Å²) in [5.41, 5.74) is 0. The molecule has 1 fully saturated rings. The minimum Gasteiger partial charge on any atom is -0.299 e. The number of likely N-dealkylation sites (tertiary alicyclic amines) is 1. The summed E-state index contributed by atoms with van der Waals surface area (Å²) < 4.78 is 1.83. The van der Waals surface area contributed by atoms with Crippen molar-refractivity contribution in [2.75, 3.05) is 18.4 Å². The molecule has 118 valence electrons. The summed E-state index contributed by atoms with van der Waals surface area (Å²) in [5.74, 6) is -0.0401. The van der Waals surface area contributed by atoms with Crippen molar-refractivity contribution in [3.05, 3.63) is 17.7 Å². The van der Waals surface area contributed by atoms with Gasteiger partial charge in [0, 0.05) is 6.04 Å². The minimum absolute atomic E-state index is 0.0401. The Morgan fingerprint density at radius 1 is 1.45 bits per heavy atom. The Bertz CT molecular complexity index is 612. The highest BCUT2D eigenvalue weighted by molar-refractivity contribution is 7.15. The molecule has 2 aromatic rings. The van der Waals surface area contributed by atoms with Gasteiger partial charge in [0.15, 0.2) is 0 Å². The maximum absolute atomic E-state index is 12.2. The normalized spacial score (nSPS) is 19.2. The third kappa shape index (κ3) is 3.86. The lowest BCUT2D eigenvalue weighted by atomic mass is 10.0. The van der Waals surface area contributed by atoms with Gasteiger partial charge < -0.3 is 0 Å². The molecule has 0 spiro atoms. The van der Waals surface area contributed by atoms with Crippen LogP contribution < -0.4 is 5.32 Å². The highest BCUT2D eigenvalue weighted by Crippen LogP contribution is 2.19. The molecule has 0 saturated carbocycles. The van der Waals surface area contributed by atoms with Crippen LogP contribution in [-0.2, 0) is 11.3 Å². The quantitative estimate of drug-likeness (QED) is 0.881. The van der Waals surface area contributed by atoms with Gasteiger partial charge in [0.1, 0.15) is 17.7 Å². The Balaban J connectivity index is 1.57. The van der Waals surface area contributed by atoms with Crippen LogP contribution in [0.25, 0.3) is 0 Å². The monoisotopic (exact) mass is 321 g/mol. The van der Waals surface area contributed by atoms with E-state index in [1.807, 2.05) is 11.6 Å². The molecular weight excluding hydrogens is 302 g/mol. The number of aryl methyl sites for hydroxylation is 1. The molecule has 1 aliphatic heterocycles. The predicted molar refractivity (Wildman–Crippen MR) is 82.5 cm³/mol. The second-order valence-electron chi connectivity index (χ2n) is 5.41. The molecule has 22 heavy (non-hydrogen) atoms. The largest absolute Gasteiger partial charge is 0.299 e. The molecular formula is C13H19N7OS. The van der Waals surface area contributed by atoms with Crippen LogP contribution >= 0.6 is 11.3 Å². The lowest BCUT2D eigenvalue weighted by Crippen LogP contribution is -2.46. The average Bonchev–Trinajstić information content (AvgIpc) is 3.13. The number of piperidine rings is 1. The second-order valence-corrected chi connectivity index (χ2v) is 6.59. The van der Waals surface area contributed by atoms with Crippen molar-refractivity contribution in [1.82, 2.24) is 29.9 Å². The van der Waals surface area contributed by atoms with Gasteiger partial charge in [-0.15, -0.1) is 10.2 Å². The third-order valence-electron chi connectivity index (χ3n) is 3.73. The van der Waals surface area contributed by atoms with E-state index in [0.29, 0.717) is 17.7 Å². The molecule has 9 heteroatoms. The number of nitrogens with one attached hydrogen (secondary N) is 1. The van der Waals surface area contributed by atoms with E-state index in [1.54, 1.807) is 6.33 Å². The van der Waals surface area contributed by atoms with Crippen molar-refractivity contribution in [1.29, 1.82) is 0 Å². The van der Waals surface area contributed by atoms with Crippen molar-refractivity contribution < 1.29 is 4.79 Å². The Hall–Kier alpha value is -1.87. The molecule has 0 aromatic carbocycles. The van der Waals surface area contributed by atoms with Gasteiger partial charge in [-0.3, -0.25) is 19.7 Å².